The molecule has 1 aromatic heterocycles. The first-order chi connectivity index (χ1) is 11.1. The summed E-state index contributed by atoms with van der Waals surface area (Å²) in [5, 5.41) is 12.9. The van der Waals surface area contributed by atoms with Crippen LogP contribution in [0.15, 0.2) is 48.5 Å². The van der Waals surface area contributed by atoms with Gasteiger partial charge in [-0.25, -0.2) is 4.39 Å². The number of aromatic hydroxyl groups is 1. The molecule has 0 unspecified atom stereocenters. The number of phenolic OH excluding ortho intramolecular Hbond substituents is 1. The lowest BCUT2D eigenvalue weighted by atomic mass is 9.93. The van der Waals surface area contributed by atoms with Crippen LogP contribution in [0.5, 0.6) is 5.75 Å². The van der Waals surface area contributed by atoms with E-state index >= 15 is 0 Å². The van der Waals surface area contributed by atoms with Gasteiger partial charge in [-0.3, -0.25) is 0 Å². The molecule has 0 bridgehead atoms. The summed E-state index contributed by atoms with van der Waals surface area (Å²) in [6.45, 7) is 4.23. The number of halogens is 1. The molecule has 3 aromatic carbocycles. The highest BCUT2D eigenvalue weighted by Crippen LogP contribution is 2.42. The van der Waals surface area contributed by atoms with Gasteiger partial charge >= 0.3 is 0 Å². The predicted molar refractivity (Wildman–Crippen MR) is 95.9 cm³/mol. The SMILES string of the molecule is Cc1sc2cc3ccccc3c(-c3ccc(O)c(F)c3)c2c1C. The third-order valence-electron chi connectivity index (χ3n) is 4.42. The summed E-state index contributed by atoms with van der Waals surface area (Å²) in [5.74, 6) is -0.906. The lowest BCUT2D eigenvalue weighted by molar-refractivity contribution is 0.432. The number of thiophene rings is 1. The van der Waals surface area contributed by atoms with Crippen LogP contribution >= 0.6 is 11.3 Å². The van der Waals surface area contributed by atoms with E-state index in [1.54, 1.807) is 17.4 Å². The van der Waals surface area contributed by atoms with E-state index in [1.165, 1.54) is 32.7 Å². The van der Waals surface area contributed by atoms with Gasteiger partial charge in [-0.05, 0) is 59.5 Å². The molecule has 0 saturated carbocycles. The van der Waals surface area contributed by atoms with Gasteiger partial charge in [0.15, 0.2) is 11.6 Å². The quantitative estimate of drug-likeness (QED) is 0.443. The van der Waals surface area contributed by atoms with Crippen LogP contribution in [-0.4, -0.2) is 5.11 Å². The van der Waals surface area contributed by atoms with Crippen molar-refractivity contribution in [1.29, 1.82) is 0 Å². The van der Waals surface area contributed by atoms with Gasteiger partial charge in [0, 0.05) is 15.0 Å². The van der Waals surface area contributed by atoms with Crippen molar-refractivity contribution in [2.24, 2.45) is 0 Å². The van der Waals surface area contributed by atoms with Crippen molar-refractivity contribution in [3.05, 3.63) is 64.8 Å². The number of fused-ring (bicyclic) bond motifs is 2. The van der Waals surface area contributed by atoms with Gasteiger partial charge in [-0.1, -0.05) is 30.3 Å². The first kappa shape index (κ1) is 14.2. The van der Waals surface area contributed by atoms with Gasteiger partial charge in [-0.2, -0.15) is 0 Å². The smallest absolute Gasteiger partial charge is 0.165 e. The summed E-state index contributed by atoms with van der Waals surface area (Å²) in [5.41, 5.74) is 3.07. The first-order valence-corrected chi connectivity index (χ1v) is 8.28. The van der Waals surface area contributed by atoms with E-state index in [9.17, 15) is 9.50 Å². The summed E-state index contributed by atoms with van der Waals surface area (Å²) < 4.78 is 15.1. The van der Waals surface area contributed by atoms with Crippen LogP contribution in [0.1, 0.15) is 10.4 Å². The fourth-order valence-corrected chi connectivity index (χ4v) is 4.28. The van der Waals surface area contributed by atoms with Crippen LogP contribution in [-0.2, 0) is 0 Å². The van der Waals surface area contributed by atoms with Gasteiger partial charge in [0.25, 0.3) is 0 Å². The molecule has 0 radical (unpaired) electrons. The highest BCUT2D eigenvalue weighted by atomic mass is 32.1. The topological polar surface area (TPSA) is 20.2 Å². The van der Waals surface area contributed by atoms with Gasteiger partial charge in [0.1, 0.15) is 0 Å². The molecule has 114 valence electrons. The standard InChI is InChI=1S/C20H15FOS/c1-11-12(2)23-18-10-13-5-3-4-6-15(13)20(19(11)18)14-7-8-17(22)16(21)9-14/h3-10,22H,1-2H3. The van der Waals surface area contributed by atoms with Gasteiger partial charge in [-0.15, -0.1) is 11.3 Å². The molecule has 23 heavy (non-hydrogen) atoms. The van der Waals surface area contributed by atoms with E-state index in [0.717, 1.165) is 21.9 Å². The van der Waals surface area contributed by atoms with E-state index in [0.29, 0.717) is 0 Å². The van der Waals surface area contributed by atoms with Crippen molar-refractivity contribution in [2.75, 3.05) is 0 Å². The number of rotatable bonds is 1. The number of aryl methyl sites for hydroxylation is 2. The molecule has 0 aliphatic rings. The Balaban J connectivity index is 2.22. The van der Waals surface area contributed by atoms with Crippen LogP contribution in [0.2, 0.25) is 0 Å². The Kier molecular flexibility index (Phi) is 3.13. The van der Waals surface area contributed by atoms with Crippen LogP contribution in [0.3, 0.4) is 0 Å². The van der Waals surface area contributed by atoms with Crippen molar-refractivity contribution in [1.82, 2.24) is 0 Å². The molecular formula is C20H15FOS. The summed E-state index contributed by atoms with van der Waals surface area (Å²) in [7, 11) is 0. The Labute approximate surface area is 137 Å². The number of benzene rings is 3. The first-order valence-electron chi connectivity index (χ1n) is 7.46. The average molecular weight is 322 g/mol. The van der Waals surface area contributed by atoms with Gasteiger partial charge < -0.3 is 5.11 Å². The Morgan fingerprint density at radius 3 is 2.57 bits per heavy atom. The van der Waals surface area contributed by atoms with Crippen LogP contribution in [0.4, 0.5) is 4.39 Å². The predicted octanol–water partition coefficient (Wildman–Crippen LogP) is 6.18. The number of phenols is 1. The van der Waals surface area contributed by atoms with Crippen molar-refractivity contribution in [3.63, 3.8) is 0 Å². The second kappa shape index (κ2) is 5.07. The fraction of sp³-hybridized carbons (Fsp3) is 0.100. The number of hydrogen-bond acceptors (Lipinski definition) is 2. The molecular weight excluding hydrogens is 307 g/mol. The van der Waals surface area contributed by atoms with Crippen molar-refractivity contribution in [3.8, 4) is 16.9 Å². The van der Waals surface area contributed by atoms with E-state index in [1.807, 2.05) is 12.1 Å². The minimum absolute atomic E-state index is 0.316. The highest BCUT2D eigenvalue weighted by Gasteiger charge is 2.16. The largest absolute Gasteiger partial charge is 0.505 e. The van der Waals surface area contributed by atoms with E-state index < -0.39 is 5.82 Å². The second-order valence-electron chi connectivity index (χ2n) is 5.80. The van der Waals surface area contributed by atoms with E-state index in [4.69, 9.17) is 0 Å². The molecule has 4 aromatic rings. The fourth-order valence-electron chi connectivity index (χ4n) is 3.15. The highest BCUT2D eigenvalue weighted by molar-refractivity contribution is 7.19. The Morgan fingerprint density at radius 1 is 1.00 bits per heavy atom. The minimum Gasteiger partial charge on any atom is -0.505 e. The van der Waals surface area contributed by atoms with E-state index in [-0.39, 0.29) is 5.75 Å². The van der Waals surface area contributed by atoms with Crippen molar-refractivity contribution >= 4 is 32.2 Å². The maximum Gasteiger partial charge on any atom is 0.165 e. The lowest BCUT2D eigenvalue weighted by Gasteiger charge is -2.11. The normalized spacial score (nSPS) is 11.4. The van der Waals surface area contributed by atoms with Crippen molar-refractivity contribution in [2.45, 2.75) is 13.8 Å². The van der Waals surface area contributed by atoms with Crippen LogP contribution < -0.4 is 0 Å². The summed E-state index contributed by atoms with van der Waals surface area (Å²) >= 11 is 1.77. The molecule has 3 heteroatoms. The molecule has 1 N–H and O–H groups in total. The maximum atomic E-state index is 13.9. The zero-order chi connectivity index (χ0) is 16.1. The molecule has 1 nitrogen and oxygen atoms in total. The molecule has 0 aliphatic heterocycles. The Morgan fingerprint density at radius 2 is 1.78 bits per heavy atom. The molecule has 0 amide bonds. The lowest BCUT2D eigenvalue weighted by Crippen LogP contribution is -1.87. The average Bonchev–Trinajstić information content (AvgIpc) is 2.82. The Bertz CT molecular complexity index is 1060. The molecule has 0 saturated heterocycles. The minimum atomic E-state index is -0.590. The third-order valence-corrected chi connectivity index (χ3v) is 5.57. The number of hydrogen-bond donors (Lipinski definition) is 1. The summed E-state index contributed by atoms with van der Waals surface area (Å²) in [6.07, 6.45) is 0. The summed E-state index contributed by atoms with van der Waals surface area (Å²) in [6, 6.07) is 15.0. The van der Waals surface area contributed by atoms with Gasteiger partial charge in [0.2, 0.25) is 0 Å². The van der Waals surface area contributed by atoms with Crippen LogP contribution in [0, 0.1) is 19.7 Å². The molecule has 0 spiro atoms. The molecule has 0 aliphatic carbocycles. The third kappa shape index (κ3) is 2.12. The molecule has 1 heterocycles. The van der Waals surface area contributed by atoms with E-state index in [2.05, 4.69) is 32.0 Å². The van der Waals surface area contributed by atoms with Crippen LogP contribution in [0.25, 0.3) is 32.0 Å². The molecule has 0 atom stereocenters. The monoisotopic (exact) mass is 322 g/mol. The maximum absolute atomic E-state index is 13.9. The molecule has 0 fully saturated rings. The summed E-state index contributed by atoms with van der Waals surface area (Å²) in [4.78, 5) is 1.27. The zero-order valence-electron chi connectivity index (χ0n) is 12.9. The zero-order valence-corrected chi connectivity index (χ0v) is 13.7. The van der Waals surface area contributed by atoms with Gasteiger partial charge in [0.05, 0.1) is 0 Å². The van der Waals surface area contributed by atoms with Crippen molar-refractivity contribution < 1.29 is 9.50 Å². The second-order valence-corrected chi connectivity index (χ2v) is 7.05. The Hall–Kier alpha value is -2.39. The molecule has 4 rings (SSSR count).